The van der Waals surface area contributed by atoms with Crippen molar-refractivity contribution in [3.05, 3.63) is 0 Å². The van der Waals surface area contributed by atoms with Gasteiger partial charge in [-0.3, -0.25) is 0 Å². The van der Waals surface area contributed by atoms with E-state index in [1.54, 1.807) is 7.11 Å². The predicted molar refractivity (Wildman–Crippen MR) is 48.1 cm³/mol. The average Bonchev–Trinajstić information content (AvgIpc) is 1.64. The van der Waals surface area contributed by atoms with E-state index >= 15 is 0 Å². The molecule has 0 heterocycles. The Kier molecular flexibility index (Phi) is 5.21. The van der Waals surface area contributed by atoms with Gasteiger partial charge in [0, 0.05) is 7.11 Å². The highest BCUT2D eigenvalue weighted by Gasteiger charge is 2.24. The molecule has 0 aliphatic carbocycles. The monoisotopic (exact) mass is 257 g/mol. The smallest absolute Gasteiger partial charge is 0.407 e. The van der Waals surface area contributed by atoms with Crippen LogP contribution in [0.25, 0.3) is 0 Å². The number of nitrogens with zero attached hydrogens (tertiary/aromatic N) is 1. The summed E-state index contributed by atoms with van der Waals surface area (Å²) in [6.45, 7) is 0. The molecule has 0 bridgehead atoms. The van der Waals surface area contributed by atoms with Crippen LogP contribution in [0.3, 0.4) is 0 Å². The van der Waals surface area contributed by atoms with Crippen molar-refractivity contribution < 1.29 is 4.65 Å². The number of alkyl halides is 2. The fourth-order valence-corrected chi connectivity index (χ4v) is 1.92. The molecule has 0 aromatic rings. The van der Waals surface area contributed by atoms with Crippen molar-refractivity contribution in [3.8, 4) is 0 Å². The minimum absolute atomic E-state index is 0.0880. The number of hydrogen-bond acceptors (Lipinski definition) is 2. The van der Waals surface area contributed by atoms with Gasteiger partial charge in [-0.2, -0.15) is 0 Å². The first-order valence-electron chi connectivity index (χ1n) is 2.57. The van der Waals surface area contributed by atoms with E-state index in [-0.39, 0.29) is 10.7 Å². The quantitative estimate of drug-likeness (QED) is 0.560. The van der Waals surface area contributed by atoms with E-state index in [0.717, 1.165) is 0 Å². The van der Waals surface area contributed by atoms with E-state index in [1.165, 1.54) is 0 Å². The fraction of sp³-hybridized carbons (Fsp3) is 1.00. The largest absolute Gasteiger partial charge is 0.423 e. The molecule has 9 heavy (non-hydrogen) atoms. The van der Waals surface area contributed by atoms with Gasteiger partial charge in [-0.25, -0.2) is 0 Å². The van der Waals surface area contributed by atoms with Gasteiger partial charge >= 0.3 is 7.05 Å². The van der Waals surface area contributed by atoms with Crippen LogP contribution in [0.1, 0.15) is 0 Å². The van der Waals surface area contributed by atoms with E-state index in [9.17, 15) is 0 Å². The van der Waals surface area contributed by atoms with Gasteiger partial charge in [0.1, 0.15) is 0 Å². The first kappa shape index (κ1) is 9.94. The van der Waals surface area contributed by atoms with E-state index in [4.69, 9.17) is 4.65 Å². The number of hydrogen-bond donors (Lipinski definition) is 0. The van der Waals surface area contributed by atoms with Crippen LogP contribution in [0, 0.1) is 0 Å². The zero-order chi connectivity index (χ0) is 7.44. The number of halogens is 2. The van der Waals surface area contributed by atoms with Crippen LogP contribution in [0.5, 0.6) is 0 Å². The van der Waals surface area contributed by atoms with Gasteiger partial charge in [0.25, 0.3) is 0 Å². The molecule has 0 amide bonds. The molecule has 54 valence electrons. The second-order valence-corrected chi connectivity index (χ2v) is 5.13. The lowest BCUT2D eigenvalue weighted by atomic mass is 9.86. The van der Waals surface area contributed by atoms with Crippen molar-refractivity contribution in [2.45, 2.75) is 3.64 Å². The predicted octanol–water partition coefficient (Wildman–Crippen LogP) is 1.34. The van der Waals surface area contributed by atoms with Crippen LogP contribution in [0.2, 0.25) is 0 Å². The van der Waals surface area contributed by atoms with Crippen LogP contribution in [-0.2, 0) is 4.65 Å². The summed E-state index contributed by atoms with van der Waals surface area (Å²) in [7, 11) is 5.69. The standard InChI is InChI=1S/C4H10BBr2NO/c1-8(2)5(9-3)4(6)7/h4H,1-3H3. The van der Waals surface area contributed by atoms with Crippen LogP contribution < -0.4 is 0 Å². The number of rotatable bonds is 3. The summed E-state index contributed by atoms with van der Waals surface area (Å²) in [5.74, 6) is 0. The van der Waals surface area contributed by atoms with Gasteiger partial charge < -0.3 is 9.47 Å². The second-order valence-electron chi connectivity index (χ2n) is 1.92. The highest BCUT2D eigenvalue weighted by molar-refractivity contribution is 9.25. The normalized spacial score (nSPS) is 11.0. The Labute approximate surface area is 73.3 Å². The molecule has 0 rings (SSSR count). The molecule has 2 nitrogen and oxygen atoms in total. The first-order valence-corrected chi connectivity index (χ1v) is 4.40. The van der Waals surface area contributed by atoms with Gasteiger partial charge in [0.15, 0.2) is 0 Å². The van der Waals surface area contributed by atoms with Crippen molar-refractivity contribution in [2.24, 2.45) is 0 Å². The summed E-state index contributed by atoms with van der Waals surface area (Å²) in [6, 6.07) is 0. The summed E-state index contributed by atoms with van der Waals surface area (Å²) in [5.41, 5.74) is 0. The van der Waals surface area contributed by atoms with E-state index in [0.29, 0.717) is 0 Å². The maximum atomic E-state index is 5.11. The lowest BCUT2D eigenvalue weighted by Crippen LogP contribution is -2.40. The summed E-state index contributed by atoms with van der Waals surface area (Å²) in [6.07, 6.45) is 0. The van der Waals surface area contributed by atoms with Gasteiger partial charge in [-0.05, 0) is 14.1 Å². The molecule has 0 aliphatic heterocycles. The Bertz CT molecular complexity index is 73.0. The van der Waals surface area contributed by atoms with Crippen LogP contribution >= 0.6 is 31.9 Å². The van der Waals surface area contributed by atoms with Crippen LogP contribution in [-0.4, -0.2) is 36.7 Å². The van der Waals surface area contributed by atoms with Gasteiger partial charge in [-0.15, -0.1) is 0 Å². The highest BCUT2D eigenvalue weighted by Crippen LogP contribution is 2.13. The Morgan fingerprint density at radius 3 is 1.89 bits per heavy atom. The van der Waals surface area contributed by atoms with E-state index < -0.39 is 0 Å². The molecule has 0 saturated heterocycles. The minimum atomic E-state index is 0.0880. The maximum absolute atomic E-state index is 5.11. The molecule has 0 spiro atoms. The average molecular weight is 259 g/mol. The maximum Gasteiger partial charge on any atom is 0.407 e. The molecule has 0 fully saturated rings. The third-order valence-electron chi connectivity index (χ3n) is 0.966. The van der Waals surface area contributed by atoms with Gasteiger partial charge in [0.05, 0.1) is 3.64 Å². The summed E-state index contributed by atoms with van der Waals surface area (Å²) >= 11 is 6.70. The molecule has 0 N–H and O–H groups in total. The SMILES string of the molecule is COB(C(Br)Br)N(C)C. The van der Waals surface area contributed by atoms with E-state index in [1.807, 2.05) is 18.9 Å². The fourth-order valence-electron chi connectivity index (χ4n) is 0.539. The molecule has 0 aromatic carbocycles. The molecule has 0 radical (unpaired) electrons. The summed E-state index contributed by atoms with van der Waals surface area (Å²) in [4.78, 5) is 1.98. The zero-order valence-electron chi connectivity index (χ0n) is 5.77. The molecular weight excluding hydrogens is 249 g/mol. The molecule has 0 unspecified atom stereocenters. The summed E-state index contributed by atoms with van der Waals surface area (Å²) in [5, 5.41) is 0. The van der Waals surface area contributed by atoms with E-state index in [2.05, 4.69) is 31.9 Å². The molecule has 0 saturated carbocycles. The van der Waals surface area contributed by atoms with Crippen molar-refractivity contribution >= 4 is 38.9 Å². The molecule has 5 heteroatoms. The molecular formula is C4H10BBr2NO. The molecule has 0 aliphatic rings. The zero-order valence-corrected chi connectivity index (χ0v) is 8.94. The van der Waals surface area contributed by atoms with Crippen molar-refractivity contribution in [1.82, 2.24) is 4.81 Å². The third-order valence-corrected chi connectivity index (χ3v) is 1.87. The summed E-state index contributed by atoms with van der Waals surface area (Å²) < 4.78 is 5.29. The van der Waals surface area contributed by atoms with Crippen LogP contribution in [0.4, 0.5) is 0 Å². The second kappa shape index (κ2) is 4.71. The van der Waals surface area contributed by atoms with Crippen molar-refractivity contribution in [2.75, 3.05) is 21.2 Å². The Morgan fingerprint density at radius 2 is 1.89 bits per heavy atom. The molecule has 0 atom stereocenters. The lowest BCUT2D eigenvalue weighted by Gasteiger charge is -2.18. The Morgan fingerprint density at radius 1 is 1.44 bits per heavy atom. The molecule has 0 aromatic heterocycles. The Hall–Kier alpha value is 0.945. The third kappa shape index (κ3) is 3.60. The first-order chi connectivity index (χ1) is 4.09. The highest BCUT2D eigenvalue weighted by atomic mass is 79.9. The topological polar surface area (TPSA) is 12.5 Å². The van der Waals surface area contributed by atoms with Gasteiger partial charge in [0.2, 0.25) is 0 Å². The Balaban J connectivity index is 3.68. The minimum Gasteiger partial charge on any atom is -0.423 e. The van der Waals surface area contributed by atoms with Gasteiger partial charge in [-0.1, -0.05) is 31.9 Å². The van der Waals surface area contributed by atoms with Crippen LogP contribution in [0.15, 0.2) is 0 Å². The van der Waals surface area contributed by atoms with Crippen molar-refractivity contribution in [1.29, 1.82) is 0 Å². The lowest BCUT2D eigenvalue weighted by molar-refractivity contribution is 0.367. The van der Waals surface area contributed by atoms with Crippen molar-refractivity contribution in [3.63, 3.8) is 0 Å².